The van der Waals surface area contributed by atoms with Crippen LogP contribution in [0.15, 0.2) is 72.8 Å². The largest absolute Gasteiger partial charge is 0.497 e. The van der Waals surface area contributed by atoms with Crippen LogP contribution in [0.4, 0.5) is 16.2 Å². The summed E-state index contributed by atoms with van der Waals surface area (Å²) in [4.78, 5) is 30.2. The van der Waals surface area contributed by atoms with Gasteiger partial charge in [0.15, 0.2) is 0 Å². The van der Waals surface area contributed by atoms with Gasteiger partial charge in [-0.15, -0.1) is 0 Å². The second-order valence-corrected chi connectivity index (χ2v) is 8.80. The molecule has 0 bridgehead atoms. The van der Waals surface area contributed by atoms with Crippen LogP contribution in [-0.2, 0) is 11.3 Å². The highest BCUT2D eigenvalue weighted by atomic mass is 16.5. The molecule has 7 heteroatoms. The highest BCUT2D eigenvalue weighted by Crippen LogP contribution is 2.34. The van der Waals surface area contributed by atoms with Crippen molar-refractivity contribution in [1.29, 1.82) is 0 Å². The predicted octanol–water partition coefficient (Wildman–Crippen LogP) is 5.67. The average Bonchev–Trinajstić information content (AvgIpc) is 2.91. The van der Waals surface area contributed by atoms with Gasteiger partial charge in [-0.05, 0) is 54.3 Å². The summed E-state index contributed by atoms with van der Waals surface area (Å²) < 4.78 is 10.8. The Balaban J connectivity index is 1.53. The molecular weight excluding hydrogens is 454 g/mol. The van der Waals surface area contributed by atoms with E-state index in [1.54, 1.807) is 25.2 Å². The van der Waals surface area contributed by atoms with E-state index in [0.717, 1.165) is 23.3 Å². The van der Waals surface area contributed by atoms with Crippen molar-refractivity contribution in [1.82, 2.24) is 4.90 Å². The van der Waals surface area contributed by atoms with Gasteiger partial charge in [-0.1, -0.05) is 49.4 Å². The van der Waals surface area contributed by atoms with Gasteiger partial charge in [-0.2, -0.15) is 0 Å². The lowest BCUT2D eigenvalue weighted by Gasteiger charge is -2.36. The smallest absolute Gasteiger partial charge is 0.324 e. The molecule has 0 unspecified atom stereocenters. The van der Waals surface area contributed by atoms with E-state index in [1.165, 1.54) is 0 Å². The average molecular weight is 488 g/mol. The zero-order valence-electron chi connectivity index (χ0n) is 21.1. The summed E-state index contributed by atoms with van der Waals surface area (Å²) in [5.41, 5.74) is 3.29. The molecule has 36 heavy (non-hydrogen) atoms. The lowest BCUT2D eigenvalue weighted by Crippen LogP contribution is -2.49. The highest BCUT2D eigenvalue weighted by molar-refractivity contribution is 5.98. The van der Waals surface area contributed by atoms with E-state index in [-0.39, 0.29) is 17.9 Å². The number of nitrogens with one attached hydrogen (secondary N) is 1. The minimum absolute atomic E-state index is 0.0779. The molecule has 1 atom stereocenters. The first-order valence-electron chi connectivity index (χ1n) is 12.3. The molecule has 188 valence electrons. The third kappa shape index (κ3) is 5.62. The van der Waals surface area contributed by atoms with Crippen molar-refractivity contribution in [3.05, 3.63) is 83.9 Å². The van der Waals surface area contributed by atoms with E-state index in [0.29, 0.717) is 43.2 Å². The van der Waals surface area contributed by atoms with Gasteiger partial charge < -0.3 is 19.7 Å². The van der Waals surface area contributed by atoms with E-state index in [1.807, 2.05) is 78.6 Å². The van der Waals surface area contributed by atoms with Crippen molar-refractivity contribution in [3.63, 3.8) is 0 Å². The summed E-state index contributed by atoms with van der Waals surface area (Å²) in [5, 5.41) is 3.04. The summed E-state index contributed by atoms with van der Waals surface area (Å²) in [6, 6.07) is 22.8. The van der Waals surface area contributed by atoms with Gasteiger partial charge in [0.05, 0.1) is 25.8 Å². The SMILES string of the molecule is CC[C@H](C(=O)Nc1ccc(OC)c(N2CCCN(Cc3ccc(OC)cc3)C2=O)c1)c1ccccc1. The zero-order valence-corrected chi connectivity index (χ0v) is 21.1. The second kappa shape index (κ2) is 11.6. The van der Waals surface area contributed by atoms with E-state index in [9.17, 15) is 9.59 Å². The molecule has 0 spiro atoms. The number of hydrogen-bond donors (Lipinski definition) is 1. The van der Waals surface area contributed by atoms with Crippen LogP contribution in [0.25, 0.3) is 0 Å². The Hall–Kier alpha value is -4.00. The van der Waals surface area contributed by atoms with Crippen LogP contribution in [0.1, 0.15) is 36.8 Å². The molecule has 4 rings (SSSR count). The quantitative estimate of drug-likeness (QED) is 0.422. The van der Waals surface area contributed by atoms with Gasteiger partial charge in [0, 0.05) is 25.3 Å². The van der Waals surface area contributed by atoms with Crippen molar-refractivity contribution >= 4 is 23.3 Å². The fourth-order valence-corrected chi connectivity index (χ4v) is 4.57. The molecule has 1 aliphatic heterocycles. The Morgan fingerprint density at radius 1 is 0.972 bits per heavy atom. The minimum Gasteiger partial charge on any atom is -0.497 e. The number of carbonyl (C=O) groups is 2. The number of amides is 3. The highest BCUT2D eigenvalue weighted by Gasteiger charge is 2.29. The number of hydrogen-bond acceptors (Lipinski definition) is 4. The van der Waals surface area contributed by atoms with Gasteiger partial charge in [0.2, 0.25) is 5.91 Å². The van der Waals surface area contributed by atoms with Crippen LogP contribution in [0, 0.1) is 0 Å². The van der Waals surface area contributed by atoms with Crippen LogP contribution in [0.3, 0.4) is 0 Å². The third-order valence-electron chi connectivity index (χ3n) is 6.51. The molecule has 0 saturated carbocycles. The summed E-state index contributed by atoms with van der Waals surface area (Å²) in [6.45, 7) is 3.76. The number of anilines is 2. The first kappa shape index (κ1) is 25.1. The zero-order chi connectivity index (χ0) is 25.5. The van der Waals surface area contributed by atoms with E-state index >= 15 is 0 Å². The van der Waals surface area contributed by atoms with Gasteiger partial charge >= 0.3 is 6.03 Å². The molecular formula is C29H33N3O4. The fraction of sp³-hybridized carbons (Fsp3) is 0.310. The van der Waals surface area contributed by atoms with Crippen molar-refractivity contribution in [2.24, 2.45) is 0 Å². The van der Waals surface area contributed by atoms with Crippen molar-refractivity contribution in [3.8, 4) is 11.5 Å². The van der Waals surface area contributed by atoms with Crippen molar-refractivity contribution in [2.45, 2.75) is 32.2 Å². The molecule has 1 N–H and O–H groups in total. The lowest BCUT2D eigenvalue weighted by atomic mass is 9.95. The third-order valence-corrected chi connectivity index (χ3v) is 6.51. The van der Waals surface area contributed by atoms with Crippen LogP contribution in [-0.4, -0.2) is 44.1 Å². The van der Waals surface area contributed by atoms with Crippen LogP contribution in [0.2, 0.25) is 0 Å². The van der Waals surface area contributed by atoms with Crippen LogP contribution < -0.4 is 19.7 Å². The van der Waals surface area contributed by atoms with Crippen molar-refractivity contribution in [2.75, 3.05) is 37.5 Å². The first-order valence-corrected chi connectivity index (χ1v) is 12.3. The summed E-state index contributed by atoms with van der Waals surface area (Å²) in [6.07, 6.45) is 1.51. The molecule has 0 radical (unpaired) electrons. The van der Waals surface area contributed by atoms with Crippen LogP contribution >= 0.6 is 0 Å². The summed E-state index contributed by atoms with van der Waals surface area (Å²) >= 11 is 0. The molecule has 1 fully saturated rings. The predicted molar refractivity (Wildman–Crippen MR) is 142 cm³/mol. The van der Waals surface area contributed by atoms with Crippen LogP contribution in [0.5, 0.6) is 11.5 Å². The van der Waals surface area contributed by atoms with Gasteiger partial charge in [0.1, 0.15) is 11.5 Å². The number of carbonyl (C=O) groups excluding carboxylic acids is 2. The number of benzene rings is 3. The molecule has 1 aliphatic rings. The summed E-state index contributed by atoms with van der Waals surface area (Å²) in [5.74, 6) is 1.04. The molecule has 1 saturated heterocycles. The number of urea groups is 1. The normalized spacial score (nSPS) is 14.4. The first-order chi connectivity index (χ1) is 17.5. The molecule has 0 aromatic heterocycles. The number of nitrogens with zero attached hydrogens (tertiary/aromatic N) is 2. The second-order valence-electron chi connectivity index (χ2n) is 8.80. The van der Waals surface area contributed by atoms with Crippen molar-refractivity contribution < 1.29 is 19.1 Å². The Bertz CT molecular complexity index is 1180. The van der Waals surface area contributed by atoms with Gasteiger partial charge in [0.25, 0.3) is 0 Å². The number of ether oxygens (including phenoxy) is 2. The molecule has 3 aromatic rings. The monoisotopic (exact) mass is 487 g/mol. The summed E-state index contributed by atoms with van der Waals surface area (Å²) in [7, 11) is 3.22. The Labute approximate surface area is 212 Å². The van der Waals surface area contributed by atoms with E-state index < -0.39 is 0 Å². The maximum absolute atomic E-state index is 13.5. The molecule has 3 amide bonds. The maximum Gasteiger partial charge on any atom is 0.324 e. The van der Waals surface area contributed by atoms with Gasteiger partial charge in [-0.3, -0.25) is 9.69 Å². The maximum atomic E-state index is 13.5. The Morgan fingerprint density at radius 2 is 1.72 bits per heavy atom. The minimum atomic E-state index is -0.256. The molecule has 3 aromatic carbocycles. The van der Waals surface area contributed by atoms with Gasteiger partial charge in [-0.25, -0.2) is 4.79 Å². The lowest BCUT2D eigenvalue weighted by molar-refractivity contribution is -0.117. The molecule has 0 aliphatic carbocycles. The molecule has 1 heterocycles. The Kier molecular flexibility index (Phi) is 8.10. The fourth-order valence-electron chi connectivity index (χ4n) is 4.57. The Morgan fingerprint density at radius 3 is 2.39 bits per heavy atom. The van der Waals surface area contributed by atoms with E-state index in [4.69, 9.17) is 9.47 Å². The number of rotatable bonds is 9. The van der Waals surface area contributed by atoms with E-state index in [2.05, 4.69) is 5.32 Å². The molecule has 7 nitrogen and oxygen atoms in total. The topological polar surface area (TPSA) is 71.1 Å². The standard InChI is InChI=1S/C29H33N3O4/c1-4-25(22-9-6-5-7-10-22)28(33)30-23-13-16-27(36-3)26(19-23)32-18-8-17-31(29(32)34)20-21-11-14-24(35-2)15-12-21/h5-7,9-16,19,25H,4,8,17-18,20H2,1-3H3,(H,30,33)/t25-/m0/s1. The number of methoxy groups -OCH3 is 2.